The Kier molecular flexibility index (Phi) is 2.17. The van der Waals surface area contributed by atoms with E-state index in [9.17, 15) is 5.11 Å². The second-order valence-electron chi connectivity index (χ2n) is 3.96. The average molecular weight is 232 g/mol. The number of phenolic OH excluding ortho intramolecular Hbond substituents is 1. The number of hydrogen-bond donors (Lipinski definition) is 1. The number of amidine groups is 1. The second-order valence-corrected chi connectivity index (χ2v) is 4.79. The molecule has 0 amide bonds. The van der Waals surface area contributed by atoms with Crippen molar-refractivity contribution in [3.63, 3.8) is 0 Å². The third-order valence-corrected chi connectivity index (χ3v) is 3.70. The van der Waals surface area contributed by atoms with Crippen LogP contribution in [0.5, 0.6) is 5.75 Å². The summed E-state index contributed by atoms with van der Waals surface area (Å²) >= 11 is 1.63. The molecule has 0 radical (unpaired) electrons. The molecule has 0 saturated heterocycles. The highest BCUT2D eigenvalue weighted by Gasteiger charge is 2.28. The minimum absolute atomic E-state index is 0.339. The SMILES string of the molecule is Cc1ccc(O)c(C2=CSC3=NCCN23)c1. The summed E-state index contributed by atoms with van der Waals surface area (Å²) in [6.45, 7) is 3.80. The van der Waals surface area contributed by atoms with Crippen molar-refractivity contribution in [2.75, 3.05) is 13.1 Å². The van der Waals surface area contributed by atoms with Crippen LogP contribution in [0, 0.1) is 6.92 Å². The van der Waals surface area contributed by atoms with Crippen LogP contribution in [0.3, 0.4) is 0 Å². The van der Waals surface area contributed by atoms with E-state index in [1.165, 1.54) is 0 Å². The smallest absolute Gasteiger partial charge is 0.168 e. The fourth-order valence-corrected chi connectivity index (χ4v) is 2.94. The molecule has 1 N–H and O–H groups in total. The van der Waals surface area contributed by atoms with E-state index in [0.29, 0.717) is 5.75 Å². The maximum absolute atomic E-state index is 9.90. The molecule has 1 aromatic rings. The van der Waals surface area contributed by atoms with Gasteiger partial charge in [0.1, 0.15) is 5.75 Å². The molecule has 3 nitrogen and oxygen atoms in total. The van der Waals surface area contributed by atoms with Gasteiger partial charge in [0.05, 0.1) is 12.2 Å². The first-order valence-corrected chi connectivity index (χ1v) is 6.12. The number of thioether (sulfide) groups is 1. The Balaban J connectivity index is 2.04. The van der Waals surface area contributed by atoms with E-state index in [0.717, 1.165) is 35.1 Å². The van der Waals surface area contributed by atoms with Crippen molar-refractivity contribution in [3.8, 4) is 5.75 Å². The maximum atomic E-state index is 9.90. The predicted molar refractivity (Wildman–Crippen MR) is 67.4 cm³/mol. The highest BCUT2D eigenvalue weighted by atomic mass is 32.2. The Labute approximate surface area is 98.5 Å². The Morgan fingerprint density at radius 1 is 1.44 bits per heavy atom. The van der Waals surface area contributed by atoms with Crippen LogP contribution in [-0.2, 0) is 0 Å². The number of hydrogen-bond acceptors (Lipinski definition) is 4. The van der Waals surface area contributed by atoms with Gasteiger partial charge in [-0.3, -0.25) is 4.99 Å². The summed E-state index contributed by atoms with van der Waals surface area (Å²) in [4.78, 5) is 6.56. The number of rotatable bonds is 1. The first kappa shape index (κ1) is 9.78. The number of nitrogens with zero attached hydrogens (tertiary/aromatic N) is 2. The van der Waals surface area contributed by atoms with E-state index in [2.05, 4.69) is 15.3 Å². The predicted octanol–water partition coefficient (Wildman–Crippen LogP) is 2.42. The van der Waals surface area contributed by atoms with E-state index >= 15 is 0 Å². The molecule has 0 fully saturated rings. The zero-order valence-electron chi connectivity index (χ0n) is 8.97. The third kappa shape index (κ3) is 1.41. The van der Waals surface area contributed by atoms with Crippen molar-refractivity contribution < 1.29 is 5.11 Å². The zero-order chi connectivity index (χ0) is 11.1. The topological polar surface area (TPSA) is 35.8 Å². The standard InChI is InChI=1S/C12H12N2OS/c1-8-2-3-11(15)9(6-8)10-7-16-12-13-4-5-14(10)12/h2-3,6-7,15H,4-5H2,1H3. The van der Waals surface area contributed by atoms with Gasteiger partial charge in [-0.25, -0.2) is 0 Å². The Bertz CT molecular complexity index is 508. The molecule has 0 atom stereocenters. The summed E-state index contributed by atoms with van der Waals surface area (Å²) in [7, 11) is 0. The van der Waals surface area contributed by atoms with Crippen molar-refractivity contribution in [2.45, 2.75) is 6.92 Å². The number of aromatic hydroxyl groups is 1. The lowest BCUT2D eigenvalue weighted by Crippen LogP contribution is -2.19. The van der Waals surface area contributed by atoms with Crippen LogP contribution < -0.4 is 0 Å². The molecule has 0 aliphatic carbocycles. The Hall–Kier alpha value is -1.42. The number of fused-ring (bicyclic) bond motifs is 1. The van der Waals surface area contributed by atoms with Gasteiger partial charge in [0.25, 0.3) is 0 Å². The van der Waals surface area contributed by atoms with E-state index in [-0.39, 0.29) is 0 Å². The molecule has 2 heterocycles. The summed E-state index contributed by atoms with van der Waals surface area (Å²) in [5, 5.41) is 13.0. The molecule has 2 aliphatic rings. The van der Waals surface area contributed by atoms with E-state index < -0.39 is 0 Å². The van der Waals surface area contributed by atoms with Crippen LogP contribution in [0.15, 0.2) is 28.6 Å². The molecule has 16 heavy (non-hydrogen) atoms. The van der Waals surface area contributed by atoms with Crippen LogP contribution in [0.2, 0.25) is 0 Å². The summed E-state index contributed by atoms with van der Waals surface area (Å²) in [6.07, 6.45) is 0. The first-order chi connectivity index (χ1) is 7.75. The fourth-order valence-electron chi connectivity index (χ4n) is 1.99. The van der Waals surface area contributed by atoms with Crippen molar-refractivity contribution in [1.82, 2.24) is 4.90 Å². The van der Waals surface area contributed by atoms with Crippen molar-refractivity contribution in [3.05, 3.63) is 34.7 Å². The monoisotopic (exact) mass is 232 g/mol. The van der Waals surface area contributed by atoms with Crippen LogP contribution in [0.25, 0.3) is 5.70 Å². The zero-order valence-corrected chi connectivity index (χ0v) is 9.79. The van der Waals surface area contributed by atoms with E-state index in [1.54, 1.807) is 17.8 Å². The lowest BCUT2D eigenvalue weighted by Gasteiger charge is -2.17. The highest BCUT2D eigenvalue weighted by Crippen LogP contribution is 2.38. The molecule has 3 rings (SSSR count). The molecule has 0 unspecified atom stereocenters. The van der Waals surface area contributed by atoms with Crippen molar-refractivity contribution in [1.29, 1.82) is 0 Å². The lowest BCUT2D eigenvalue weighted by molar-refractivity contribution is 0.471. The molecule has 1 aromatic carbocycles. The lowest BCUT2D eigenvalue weighted by atomic mass is 10.1. The highest BCUT2D eigenvalue weighted by molar-refractivity contribution is 8.16. The van der Waals surface area contributed by atoms with E-state index in [1.807, 2.05) is 19.1 Å². The first-order valence-electron chi connectivity index (χ1n) is 5.24. The largest absolute Gasteiger partial charge is 0.507 e. The van der Waals surface area contributed by atoms with Gasteiger partial charge in [-0.2, -0.15) is 0 Å². The molecule has 0 aromatic heterocycles. The van der Waals surface area contributed by atoms with Gasteiger partial charge in [-0.15, -0.1) is 0 Å². The van der Waals surface area contributed by atoms with Gasteiger partial charge >= 0.3 is 0 Å². The van der Waals surface area contributed by atoms with Gasteiger partial charge in [0.15, 0.2) is 5.17 Å². The number of aryl methyl sites for hydroxylation is 1. The normalized spacial score (nSPS) is 18.4. The molecule has 0 saturated carbocycles. The minimum Gasteiger partial charge on any atom is -0.507 e. The number of aliphatic imine (C=N–C) groups is 1. The molecule has 4 heteroatoms. The summed E-state index contributed by atoms with van der Waals surface area (Å²) in [5.41, 5.74) is 3.13. The van der Waals surface area contributed by atoms with Crippen molar-refractivity contribution in [2.24, 2.45) is 4.99 Å². The molecule has 82 valence electrons. The molecule has 0 bridgehead atoms. The van der Waals surface area contributed by atoms with Crippen molar-refractivity contribution >= 4 is 22.6 Å². The number of benzene rings is 1. The Morgan fingerprint density at radius 2 is 2.31 bits per heavy atom. The molecular formula is C12H12N2OS. The molecule has 2 aliphatic heterocycles. The van der Waals surface area contributed by atoms with Gasteiger partial charge < -0.3 is 10.0 Å². The average Bonchev–Trinajstić information content (AvgIpc) is 2.83. The second kappa shape index (κ2) is 3.56. The van der Waals surface area contributed by atoms with Crippen LogP contribution >= 0.6 is 11.8 Å². The van der Waals surface area contributed by atoms with Gasteiger partial charge in [-0.05, 0) is 19.1 Å². The minimum atomic E-state index is 0.339. The molecule has 0 spiro atoms. The fraction of sp³-hybridized carbons (Fsp3) is 0.250. The van der Waals surface area contributed by atoms with Gasteiger partial charge in [0.2, 0.25) is 0 Å². The van der Waals surface area contributed by atoms with Crippen LogP contribution in [0.1, 0.15) is 11.1 Å². The Morgan fingerprint density at radius 3 is 3.19 bits per heavy atom. The summed E-state index contributed by atoms with van der Waals surface area (Å²) < 4.78 is 0. The van der Waals surface area contributed by atoms with Gasteiger partial charge in [0, 0.05) is 17.5 Å². The molecular weight excluding hydrogens is 220 g/mol. The number of phenols is 1. The third-order valence-electron chi connectivity index (χ3n) is 2.80. The van der Waals surface area contributed by atoms with Gasteiger partial charge in [-0.1, -0.05) is 23.4 Å². The van der Waals surface area contributed by atoms with E-state index in [4.69, 9.17) is 0 Å². The quantitative estimate of drug-likeness (QED) is 0.807. The maximum Gasteiger partial charge on any atom is 0.168 e. The summed E-state index contributed by atoms with van der Waals surface area (Å²) in [5.74, 6) is 0.339. The van der Waals surface area contributed by atoms with Crippen LogP contribution in [-0.4, -0.2) is 28.3 Å². The van der Waals surface area contributed by atoms with Crippen LogP contribution in [0.4, 0.5) is 0 Å². The summed E-state index contributed by atoms with van der Waals surface area (Å²) in [6, 6.07) is 5.69.